The number of aryl methyl sites for hydroxylation is 1. The van der Waals surface area contributed by atoms with E-state index in [1.165, 1.54) is 6.20 Å². The Kier molecular flexibility index (Phi) is 3.76. The van der Waals surface area contributed by atoms with E-state index < -0.39 is 6.10 Å². The molecule has 2 N–H and O–H groups in total. The number of nitrogens with one attached hydrogen (secondary N) is 1. The van der Waals surface area contributed by atoms with Crippen LogP contribution in [0.15, 0.2) is 6.20 Å². The van der Waals surface area contributed by atoms with Gasteiger partial charge in [-0.15, -0.1) is 0 Å². The SMILES string of the molecule is Cn1ncc(Cl)c1C(O)CNC(C)(C)C. The summed E-state index contributed by atoms with van der Waals surface area (Å²) < 4.78 is 1.59. The molecule has 1 aromatic rings. The van der Waals surface area contributed by atoms with Crippen molar-refractivity contribution in [3.05, 3.63) is 16.9 Å². The summed E-state index contributed by atoms with van der Waals surface area (Å²) in [5.41, 5.74) is 0.625. The van der Waals surface area contributed by atoms with Crippen LogP contribution in [0.4, 0.5) is 0 Å². The lowest BCUT2D eigenvalue weighted by Gasteiger charge is -2.23. The number of β-amino-alcohol motifs (C(OH)–C–C–N with tert-alkyl or cyclic N) is 1. The molecule has 0 aliphatic heterocycles. The van der Waals surface area contributed by atoms with Crippen molar-refractivity contribution in [3.8, 4) is 0 Å². The Morgan fingerprint density at radius 2 is 2.20 bits per heavy atom. The van der Waals surface area contributed by atoms with Gasteiger partial charge in [-0.25, -0.2) is 0 Å². The minimum Gasteiger partial charge on any atom is -0.385 e. The van der Waals surface area contributed by atoms with Crippen LogP contribution in [0.3, 0.4) is 0 Å². The fourth-order valence-corrected chi connectivity index (χ4v) is 1.59. The highest BCUT2D eigenvalue weighted by atomic mass is 35.5. The van der Waals surface area contributed by atoms with Crippen molar-refractivity contribution in [1.82, 2.24) is 15.1 Å². The molecule has 1 atom stereocenters. The Labute approximate surface area is 95.2 Å². The van der Waals surface area contributed by atoms with E-state index in [9.17, 15) is 5.11 Å². The maximum atomic E-state index is 9.93. The van der Waals surface area contributed by atoms with Crippen LogP contribution >= 0.6 is 11.6 Å². The zero-order chi connectivity index (χ0) is 11.6. The minimum absolute atomic E-state index is 0.0218. The normalized spacial score (nSPS) is 14.3. The molecule has 1 heterocycles. The number of hydrogen-bond acceptors (Lipinski definition) is 3. The first-order valence-corrected chi connectivity index (χ1v) is 5.29. The van der Waals surface area contributed by atoms with Gasteiger partial charge < -0.3 is 10.4 Å². The van der Waals surface area contributed by atoms with E-state index in [0.717, 1.165) is 0 Å². The maximum absolute atomic E-state index is 9.93. The summed E-state index contributed by atoms with van der Waals surface area (Å²) in [5.74, 6) is 0. The van der Waals surface area contributed by atoms with Gasteiger partial charge in [0.2, 0.25) is 0 Å². The molecule has 1 unspecified atom stereocenters. The second-order valence-corrected chi connectivity index (χ2v) is 5.06. The summed E-state index contributed by atoms with van der Waals surface area (Å²) in [6.07, 6.45) is 0.904. The molecule has 0 aliphatic carbocycles. The minimum atomic E-state index is -0.635. The van der Waals surface area contributed by atoms with E-state index in [0.29, 0.717) is 17.3 Å². The molecular formula is C10H18ClN3O. The van der Waals surface area contributed by atoms with Crippen molar-refractivity contribution in [1.29, 1.82) is 0 Å². The average molecular weight is 232 g/mol. The van der Waals surface area contributed by atoms with Crippen molar-refractivity contribution < 1.29 is 5.11 Å². The first kappa shape index (κ1) is 12.5. The van der Waals surface area contributed by atoms with Crippen LogP contribution in [0.1, 0.15) is 32.6 Å². The molecule has 0 aromatic carbocycles. The summed E-state index contributed by atoms with van der Waals surface area (Å²) in [6.45, 7) is 6.60. The zero-order valence-electron chi connectivity index (χ0n) is 9.58. The molecular weight excluding hydrogens is 214 g/mol. The Morgan fingerprint density at radius 1 is 1.60 bits per heavy atom. The van der Waals surface area contributed by atoms with Crippen LogP contribution in [0.2, 0.25) is 5.02 Å². The third-order valence-corrected chi connectivity index (χ3v) is 2.37. The van der Waals surface area contributed by atoms with Crippen molar-refractivity contribution in [2.45, 2.75) is 32.4 Å². The summed E-state index contributed by atoms with van der Waals surface area (Å²) in [4.78, 5) is 0. The van der Waals surface area contributed by atoms with E-state index in [1.807, 2.05) is 20.8 Å². The maximum Gasteiger partial charge on any atom is 0.110 e. The number of rotatable bonds is 3. The molecule has 4 nitrogen and oxygen atoms in total. The van der Waals surface area contributed by atoms with Gasteiger partial charge in [0.25, 0.3) is 0 Å². The third kappa shape index (κ3) is 3.48. The van der Waals surface area contributed by atoms with Crippen LogP contribution in [0.25, 0.3) is 0 Å². The molecule has 0 bridgehead atoms. The van der Waals surface area contributed by atoms with Crippen LogP contribution in [0, 0.1) is 0 Å². The first-order valence-electron chi connectivity index (χ1n) is 4.92. The number of nitrogens with zero attached hydrogens (tertiary/aromatic N) is 2. The van der Waals surface area contributed by atoms with Gasteiger partial charge in [0, 0.05) is 19.1 Å². The van der Waals surface area contributed by atoms with Crippen molar-refractivity contribution >= 4 is 11.6 Å². The number of aliphatic hydroxyl groups is 1. The zero-order valence-corrected chi connectivity index (χ0v) is 10.3. The number of aromatic nitrogens is 2. The van der Waals surface area contributed by atoms with Gasteiger partial charge in [-0.05, 0) is 20.8 Å². The molecule has 1 rings (SSSR count). The topological polar surface area (TPSA) is 50.1 Å². The first-order chi connectivity index (χ1) is 6.81. The van der Waals surface area contributed by atoms with E-state index in [4.69, 9.17) is 11.6 Å². The van der Waals surface area contributed by atoms with Crippen molar-refractivity contribution in [2.75, 3.05) is 6.54 Å². The van der Waals surface area contributed by atoms with Crippen molar-refractivity contribution in [2.24, 2.45) is 7.05 Å². The summed E-state index contributed by atoms with van der Waals surface area (Å²) >= 11 is 5.92. The Hall–Kier alpha value is -0.580. The van der Waals surface area contributed by atoms with E-state index in [2.05, 4.69) is 10.4 Å². The highest BCUT2D eigenvalue weighted by Crippen LogP contribution is 2.21. The summed E-state index contributed by atoms with van der Waals surface area (Å²) in [7, 11) is 1.77. The van der Waals surface area contributed by atoms with Gasteiger partial charge >= 0.3 is 0 Å². The lowest BCUT2D eigenvalue weighted by atomic mass is 10.1. The fraction of sp³-hybridized carbons (Fsp3) is 0.700. The quantitative estimate of drug-likeness (QED) is 0.829. The molecule has 0 amide bonds. The number of aliphatic hydroxyl groups excluding tert-OH is 1. The predicted molar refractivity (Wildman–Crippen MR) is 60.9 cm³/mol. The third-order valence-electron chi connectivity index (χ3n) is 2.08. The standard InChI is InChI=1S/C10H18ClN3O/c1-10(2,3)12-6-8(15)9-7(11)5-13-14(9)4/h5,8,12,15H,6H2,1-4H3. The van der Waals surface area contributed by atoms with Crippen LogP contribution in [-0.2, 0) is 7.05 Å². The lowest BCUT2D eigenvalue weighted by Crippen LogP contribution is -2.38. The monoisotopic (exact) mass is 231 g/mol. The van der Waals surface area contributed by atoms with Crippen LogP contribution in [-0.4, -0.2) is 27.0 Å². The molecule has 1 aromatic heterocycles. The van der Waals surface area contributed by atoms with Gasteiger partial charge in [-0.2, -0.15) is 5.10 Å². The average Bonchev–Trinajstić information content (AvgIpc) is 2.41. The van der Waals surface area contributed by atoms with Crippen molar-refractivity contribution in [3.63, 3.8) is 0 Å². The Morgan fingerprint density at radius 3 is 2.60 bits per heavy atom. The fourth-order valence-electron chi connectivity index (χ4n) is 1.29. The van der Waals surface area contributed by atoms with Gasteiger partial charge in [0.05, 0.1) is 16.9 Å². The number of hydrogen-bond donors (Lipinski definition) is 2. The second kappa shape index (κ2) is 4.51. The highest BCUT2D eigenvalue weighted by molar-refractivity contribution is 6.31. The molecule has 0 radical (unpaired) electrons. The lowest BCUT2D eigenvalue weighted by molar-refractivity contribution is 0.154. The summed E-state index contributed by atoms with van der Waals surface area (Å²) in [6, 6.07) is 0. The molecule has 0 fully saturated rings. The van der Waals surface area contributed by atoms with Gasteiger partial charge in [-0.1, -0.05) is 11.6 Å². The molecule has 0 aliphatic rings. The highest BCUT2D eigenvalue weighted by Gasteiger charge is 2.18. The summed E-state index contributed by atoms with van der Waals surface area (Å²) in [5, 5.41) is 17.6. The van der Waals surface area contributed by atoms with Gasteiger partial charge in [-0.3, -0.25) is 4.68 Å². The molecule has 5 heteroatoms. The van der Waals surface area contributed by atoms with E-state index in [1.54, 1.807) is 11.7 Å². The Balaban J connectivity index is 2.65. The number of halogens is 1. The van der Waals surface area contributed by atoms with Crippen LogP contribution < -0.4 is 5.32 Å². The molecule has 0 saturated heterocycles. The van der Waals surface area contributed by atoms with Gasteiger partial charge in [0.1, 0.15) is 6.10 Å². The smallest absolute Gasteiger partial charge is 0.110 e. The van der Waals surface area contributed by atoms with E-state index >= 15 is 0 Å². The molecule has 0 spiro atoms. The molecule has 86 valence electrons. The van der Waals surface area contributed by atoms with E-state index in [-0.39, 0.29) is 5.54 Å². The van der Waals surface area contributed by atoms with Gasteiger partial charge in [0.15, 0.2) is 0 Å². The molecule has 0 saturated carbocycles. The molecule has 15 heavy (non-hydrogen) atoms. The predicted octanol–water partition coefficient (Wildman–Crippen LogP) is 1.49. The Bertz CT molecular complexity index is 310. The van der Waals surface area contributed by atoms with Crippen LogP contribution in [0.5, 0.6) is 0 Å². The largest absolute Gasteiger partial charge is 0.385 e. The second-order valence-electron chi connectivity index (χ2n) is 4.65.